The molecule has 1 rings (SSSR count). The lowest BCUT2D eigenvalue weighted by atomic mass is 9.81. The van der Waals surface area contributed by atoms with Gasteiger partial charge in [0, 0.05) is 18.9 Å². The fourth-order valence-corrected chi connectivity index (χ4v) is 2.26. The molecule has 0 aromatic carbocycles. The molecule has 0 radical (unpaired) electrons. The van der Waals surface area contributed by atoms with Crippen molar-refractivity contribution in [2.24, 2.45) is 17.6 Å². The summed E-state index contributed by atoms with van der Waals surface area (Å²) in [6.07, 6.45) is 4.49. The molecule has 1 aliphatic rings. The van der Waals surface area contributed by atoms with Gasteiger partial charge in [0.2, 0.25) is 5.91 Å². The zero-order chi connectivity index (χ0) is 12.7. The van der Waals surface area contributed by atoms with E-state index in [1.54, 1.807) is 0 Å². The summed E-state index contributed by atoms with van der Waals surface area (Å²) in [5, 5.41) is 11.3. The summed E-state index contributed by atoms with van der Waals surface area (Å²) in [7, 11) is 0. The van der Waals surface area contributed by atoms with Crippen molar-refractivity contribution in [2.75, 3.05) is 13.1 Å². The molecule has 17 heavy (non-hydrogen) atoms. The smallest absolute Gasteiger partial charge is 0.303 e. The monoisotopic (exact) mass is 242 g/mol. The maximum absolute atomic E-state index is 11.7. The summed E-state index contributed by atoms with van der Waals surface area (Å²) in [4.78, 5) is 22.0. The second kappa shape index (κ2) is 7.27. The zero-order valence-corrected chi connectivity index (χ0v) is 10.2. The highest BCUT2D eigenvalue weighted by atomic mass is 16.4. The number of hydrogen-bond acceptors (Lipinski definition) is 3. The van der Waals surface area contributed by atoms with Gasteiger partial charge in [0.15, 0.2) is 0 Å². The first-order chi connectivity index (χ1) is 8.13. The fourth-order valence-electron chi connectivity index (χ4n) is 2.26. The molecule has 0 saturated heterocycles. The van der Waals surface area contributed by atoms with Crippen molar-refractivity contribution in [2.45, 2.75) is 38.5 Å². The molecular formula is C12H22N2O3. The quantitative estimate of drug-likeness (QED) is 0.599. The molecule has 1 fully saturated rings. The summed E-state index contributed by atoms with van der Waals surface area (Å²) in [6.45, 7) is 1.18. The van der Waals surface area contributed by atoms with Crippen LogP contribution in [0.4, 0.5) is 0 Å². The van der Waals surface area contributed by atoms with Crippen LogP contribution in [-0.2, 0) is 9.59 Å². The molecule has 98 valence electrons. The number of carboxylic acid groups (broad SMARTS) is 1. The molecule has 1 saturated carbocycles. The normalized spacial score (nSPS) is 24.3. The van der Waals surface area contributed by atoms with Gasteiger partial charge in [-0.3, -0.25) is 9.59 Å². The highest BCUT2D eigenvalue weighted by molar-refractivity contribution is 5.78. The van der Waals surface area contributed by atoms with Crippen molar-refractivity contribution >= 4 is 11.9 Å². The predicted molar refractivity (Wildman–Crippen MR) is 64.4 cm³/mol. The van der Waals surface area contributed by atoms with Crippen LogP contribution in [0.5, 0.6) is 0 Å². The maximum atomic E-state index is 11.7. The minimum Gasteiger partial charge on any atom is -0.481 e. The van der Waals surface area contributed by atoms with E-state index in [2.05, 4.69) is 5.32 Å². The summed E-state index contributed by atoms with van der Waals surface area (Å²) in [5.74, 6) is -0.0674. The van der Waals surface area contributed by atoms with Gasteiger partial charge in [-0.2, -0.15) is 0 Å². The van der Waals surface area contributed by atoms with Gasteiger partial charge in [0.05, 0.1) is 0 Å². The first-order valence-corrected chi connectivity index (χ1v) is 6.33. The minimum absolute atomic E-state index is 0.0749. The van der Waals surface area contributed by atoms with E-state index in [9.17, 15) is 9.59 Å². The molecule has 0 bridgehead atoms. The molecule has 0 aromatic heterocycles. The van der Waals surface area contributed by atoms with Crippen LogP contribution >= 0.6 is 0 Å². The van der Waals surface area contributed by atoms with Gasteiger partial charge >= 0.3 is 5.97 Å². The van der Waals surface area contributed by atoms with Gasteiger partial charge in [-0.05, 0) is 44.6 Å². The zero-order valence-electron chi connectivity index (χ0n) is 10.2. The Labute approximate surface area is 102 Å². The highest BCUT2D eigenvalue weighted by Crippen LogP contribution is 2.28. The van der Waals surface area contributed by atoms with Crippen molar-refractivity contribution in [3.05, 3.63) is 0 Å². The molecule has 0 aliphatic heterocycles. The van der Waals surface area contributed by atoms with E-state index in [4.69, 9.17) is 10.8 Å². The van der Waals surface area contributed by atoms with Crippen LogP contribution in [-0.4, -0.2) is 30.1 Å². The third-order valence-corrected chi connectivity index (χ3v) is 3.42. The Bertz CT molecular complexity index is 260. The van der Waals surface area contributed by atoms with Crippen molar-refractivity contribution in [3.8, 4) is 0 Å². The average molecular weight is 242 g/mol. The molecule has 0 atom stereocenters. The Morgan fingerprint density at radius 2 is 1.88 bits per heavy atom. The number of nitrogens with two attached hydrogens (primary N) is 1. The fraction of sp³-hybridized carbons (Fsp3) is 0.833. The lowest BCUT2D eigenvalue weighted by Crippen LogP contribution is -2.34. The van der Waals surface area contributed by atoms with Gasteiger partial charge in [-0.25, -0.2) is 0 Å². The molecule has 0 heterocycles. The second-order valence-electron chi connectivity index (χ2n) is 4.74. The Hall–Kier alpha value is -1.10. The highest BCUT2D eigenvalue weighted by Gasteiger charge is 2.25. The molecule has 1 aliphatic carbocycles. The molecule has 0 aromatic rings. The third-order valence-electron chi connectivity index (χ3n) is 3.42. The number of carbonyl (C=O) groups excluding carboxylic acids is 1. The van der Waals surface area contributed by atoms with E-state index >= 15 is 0 Å². The van der Waals surface area contributed by atoms with Crippen molar-refractivity contribution in [3.63, 3.8) is 0 Å². The average Bonchev–Trinajstić information content (AvgIpc) is 2.34. The van der Waals surface area contributed by atoms with Gasteiger partial charge in [-0.1, -0.05) is 0 Å². The molecule has 0 spiro atoms. The Morgan fingerprint density at radius 1 is 1.24 bits per heavy atom. The molecule has 4 N–H and O–H groups in total. The van der Waals surface area contributed by atoms with Crippen LogP contribution in [0.15, 0.2) is 0 Å². The summed E-state index contributed by atoms with van der Waals surface area (Å²) >= 11 is 0. The molecule has 1 amide bonds. The Balaban J connectivity index is 2.14. The Morgan fingerprint density at radius 3 is 2.41 bits per heavy atom. The molecule has 5 nitrogen and oxygen atoms in total. The van der Waals surface area contributed by atoms with Crippen LogP contribution in [0.25, 0.3) is 0 Å². The molecule has 5 heteroatoms. The lowest BCUT2D eigenvalue weighted by Gasteiger charge is -2.26. The van der Waals surface area contributed by atoms with E-state index in [-0.39, 0.29) is 18.2 Å². The van der Waals surface area contributed by atoms with Crippen LogP contribution in [0.2, 0.25) is 0 Å². The van der Waals surface area contributed by atoms with E-state index < -0.39 is 5.97 Å². The third kappa shape index (κ3) is 5.17. The van der Waals surface area contributed by atoms with Crippen LogP contribution in [0, 0.1) is 11.8 Å². The van der Waals surface area contributed by atoms with Crippen molar-refractivity contribution in [1.29, 1.82) is 0 Å². The van der Waals surface area contributed by atoms with Crippen molar-refractivity contribution in [1.82, 2.24) is 5.32 Å². The van der Waals surface area contributed by atoms with Crippen LogP contribution < -0.4 is 11.1 Å². The Kier molecular flexibility index (Phi) is 5.97. The minimum atomic E-state index is -0.817. The van der Waals surface area contributed by atoms with E-state index in [0.717, 1.165) is 25.7 Å². The van der Waals surface area contributed by atoms with E-state index in [1.165, 1.54) is 0 Å². The number of hydrogen-bond donors (Lipinski definition) is 3. The maximum Gasteiger partial charge on any atom is 0.303 e. The summed E-state index contributed by atoms with van der Waals surface area (Å²) in [5.41, 5.74) is 5.60. The standard InChI is InChI=1S/C12H22N2O3/c13-8-9-3-5-10(6-4-9)12(17)14-7-1-2-11(15)16/h9-10H,1-8,13H2,(H,14,17)(H,15,16). The number of carbonyl (C=O) groups is 2. The summed E-state index contributed by atoms with van der Waals surface area (Å²) < 4.78 is 0. The number of carboxylic acids is 1. The van der Waals surface area contributed by atoms with Crippen LogP contribution in [0.1, 0.15) is 38.5 Å². The topological polar surface area (TPSA) is 92.4 Å². The first kappa shape index (κ1) is 14.0. The predicted octanol–water partition coefficient (Wildman–Crippen LogP) is 0.732. The second-order valence-corrected chi connectivity index (χ2v) is 4.74. The largest absolute Gasteiger partial charge is 0.481 e. The van der Waals surface area contributed by atoms with Gasteiger partial charge in [0.25, 0.3) is 0 Å². The SMILES string of the molecule is NCC1CCC(C(=O)NCCCC(=O)O)CC1. The first-order valence-electron chi connectivity index (χ1n) is 6.33. The number of rotatable bonds is 6. The van der Waals surface area contributed by atoms with Gasteiger partial charge in [0.1, 0.15) is 0 Å². The van der Waals surface area contributed by atoms with E-state index in [0.29, 0.717) is 25.4 Å². The summed E-state index contributed by atoms with van der Waals surface area (Å²) in [6, 6.07) is 0. The van der Waals surface area contributed by atoms with Gasteiger partial charge in [-0.15, -0.1) is 0 Å². The van der Waals surface area contributed by atoms with Gasteiger partial charge < -0.3 is 16.2 Å². The van der Waals surface area contributed by atoms with E-state index in [1.807, 2.05) is 0 Å². The van der Waals surface area contributed by atoms with Crippen LogP contribution in [0.3, 0.4) is 0 Å². The lowest BCUT2D eigenvalue weighted by molar-refractivity contribution is -0.137. The molecule has 0 unspecified atom stereocenters. The number of nitrogens with one attached hydrogen (secondary N) is 1. The van der Waals surface area contributed by atoms with Crippen molar-refractivity contribution < 1.29 is 14.7 Å². The number of amides is 1. The number of aliphatic carboxylic acids is 1. The molecular weight excluding hydrogens is 220 g/mol.